The first-order valence-electron chi connectivity index (χ1n) is 11.9. The predicted octanol–water partition coefficient (Wildman–Crippen LogP) is 4.26. The fourth-order valence-electron chi connectivity index (χ4n) is 4.26. The van der Waals surface area contributed by atoms with Crippen LogP contribution in [0, 0.1) is 17.1 Å². The SMILES string of the molecule is CCc1nc(OCC(=O)NC)c2cc(N3C(=S)N(c4ccc(C#N)c(C(F)(F)F)c4)C(=O)C3(C)C)cc(F)c2n1. The second kappa shape index (κ2) is 10.3. The highest BCUT2D eigenvalue weighted by Gasteiger charge is 2.51. The molecule has 2 amide bonds. The molecule has 0 radical (unpaired) electrons. The second-order valence-corrected chi connectivity index (χ2v) is 9.61. The molecule has 0 saturated carbocycles. The van der Waals surface area contributed by atoms with Crippen LogP contribution < -0.4 is 19.9 Å². The van der Waals surface area contributed by atoms with E-state index in [0.29, 0.717) is 12.5 Å². The molecule has 1 aliphatic heterocycles. The van der Waals surface area contributed by atoms with E-state index < -0.39 is 47.1 Å². The lowest BCUT2D eigenvalue weighted by Crippen LogP contribution is -2.44. The van der Waals surface area contributed by atoms with Gasteiger partial charge in [-0.15, -0.1) is 0 Å². The van der Waals surface area contributed by atoms with E-state index in [1.807, 2.05) is 0 Å². The Balaban J connectivity index is 1.85. The number of halogens is 4. The van der Waals surface area contributed by atoms with Gasteiger partial charge in [0, 0.05) is 19.2 Å². The summed E-state index contributed by atoms with van der Waals surface area (Å²) >= 11 is 5.54. The summed E-state index contributed by atoms with van der Waals surface area (Å²) in [7, 11) is 1.42. The molecular formula is C26H22F4N6O3S. The number of aryl methyl sites for hydroxylation is 1. The van der Waals surface area contributed by atoms with Gasteiger partial charge in [0.15, 0.2) is 17.5 Å². The molecule has 1 aromatic heterocycles. The number of aromatic nitrogens is 2. The lowest BCUT2D eigenvalue weighted by molar-refractivity contribution is -0.137. The first kappa shape index (κ1) is 28.6. The number of carbonyl (C=O) groups is 2. The van der Waals surface area contributed by atoms with Gasteiger partial charge in [0.25, 0.3) is 11.8 Å². The second-order valence-electron chi connectivity index (χ2n) is 9.24. The van der Waals surface area contributed by atoms with E-state index in [9.17, 15) is 22.8 Å². The number of nitriles is 1. The largest absolute Gasteiger partial charge is 0.467 e. The Kier molecular flexibility index (Phi) is 7.37. The van der Waals surface area contributed by atoms with Crippen molar-refractivity contribution in [3.8, 4) is 11.9 Å². The van der Waals surface area contributed by atoms with Crippen molar-refractivity contribution in [1.29, 1.82) is 5.26 Å². The lowest BCUT2D eigenvalue weighted by atomic mass is 10.0. The maximum atomic E-state index is 15.5. The first-order valence-corrected chi connectivity index (χ1v) is 12.3. The number of hydrogen-bond donors (Lipinski definition) is 1. The Morgan fingerprint density at radius 1 is 1.20 bits per heavy atom. The third-order valence-electron chi connectivity index (χ3n) is 6.30. The molecule has 208 valence electrons. The average Bonchev–Trinajstić information content (AvgIpc) is 3.08. The van der Waals surface area contributed by atoms with Crippen LogP contribution >= 0.6 is 12.2 Å². The predicted molar refractivity (Wildman–Crippen MR) is 141 cm³/mol. The van der Waals surface area contributed by atoms with Gasteiger partial charge in [0.1, 0.15) is 16.9 Å². The number of nitrogens with zero attached hydrogens (tertiary/aromatic N) is 5. The molecule has 1 aliphatic rings. The highest BCUT2D eigenvalue weighted by atomic mass is 32.1. The van der Waals surface area contributed by atoms with Gasteiger partial charge >= 0.3 is 6.18 Å². The van der Waals surface area contributed by atoms with E-state index in [2.05, 4.69) is 15.3 Å². The summed E-state index contributed by atoms with van der Waals surface area (Å²) in [6, 6.07) is 6.84. The summed E-state index contributed by atoms with van der Waals surface area (Å²) in [5.74, 6) is -1.73. The van der Waals surface area contributed by atoms with Crippen LogP contribution in [0.3, 0.4) is 0 Å². The van der Waals surface area contributed by atoms with Gasteiger partial charge in [0.2, 0.25) is 5.88 Å². The van der Waals surface area contributed by atoms with E-state index in [1.165, 1.54) is 44.0 Å². The van der Waals surface area contributed by atoms with Crippen molar-refractivity contribution in [3.05, 3.63) is 53.1 Å². The summed E-state index contributed by atoms with van der Waals surface area (Å²) in [5.41, 5.74) is -3.51. The summed E-state index contributed by atoms with van der Waals surface area (Å²) in [6.45, 7) is 4.32. The van der Waals surface area contributed by atoms with Gasteiger partial charge < -0.3 is 15.0 Å². The topological polar surface area (TPSA) is 111 Å². The van der Waals surface area contributed by atoms with Crippen LogP contribution in [-0.4, -0.2) is 46.1 Å². The van der Waals surface area contributed by atoms with Crippen LogP contribution in [0.25, 0.3) is 10.9 Å². The number of amides is 2. The highest BCUT2D eigenvalue weighted by Crippen LogP contribution is 2.41. The fourth-order valence-corrected chi connectivity index (χ4v) is 4.78. The van der Waals surface area contributed by atoms with E-state index in [1.54, 1.807) is 6.92 Å². The van der Waals surface area contributed by atoms with Crippen molar-refractivity contribution in [2.45, 2.75) is 38.9 Å². The Bertz CT molecular complexity index is 1600. The zero-order valence-electron chi connectivity index (χ0n) is 21.7. The van der Waals surface area contributed by atoms with Crippen LogP contribution in [0.1, 0.15) is 37.7 Å². The Labute approximate surface area is 231 Å². The number of benzene rings is 2. The molecule has 4 rings (SSSR count). The average molecular weight is 575 g/mol. The standard InChI is InChI=1S/C26H22F4N6O3S/c1-5-19-33-21-16(22(34-19)39-12-20(37)32-4)8-15(10-18(21)27)36-24(40)35(23(38)25(36,2)3)14-7-6-13(11-31)17(9-14)26(28,29)30/h6-10H,5,12H2,1-4H3,(H,32,37). The number of thiocarbonyl (C=S) groups is 1. The van der Waals surface area contributed by atoms with Crippen molar-refractivity contribution >= 4 is 51.4 Å². The smallest absolute Gasteiger partial charge is 0.417 e. The minimum absolute atomic E-state index is 0.0702. The summed E-state index contributed by atoms with van der Waals surface area (Å²) in [4.78, 5) is 36.0. The highest BCUT2D eigenvalue weighted by molar-refractivity contribution is 7.81. The number of carbonyl (C=O) groups excluding carboxylic acids is 2. The van der Waals surface area contributed by atoms with Crippen LogP contribution in [0.15, 0.2) is 30.3 Å². The van der Waals surface area contributed by atoms with Crippen molar-refractivity contribution in [3.63, 3.8) is 0 Å². The number of ether oxygens (including phenoxy) is 1. The number of alkyl halides is 3. The minimum atomic E-state index is -4.86. The zero-order valence-corrected chi connectivity index (χ0v) is 22.5. The normalized spacial score (nSPS) is 15.0. The number of nitrogens with one attached hydrogen (secondary N) is 1. The summed E-state index contributed by atoms with van der Waals surface area (Å²) in [5, 5.41) is 11.4. The molecule has 14 heteroatoms. The lowest BCUT2D eigenvalue weighted by Gasteiger charge is -2.29. The Morgan fingerprint density at radius 3 is 2.50 bits per heavy atom. The molecule has 0 atom stereocenters. The molecule has 2 heterocycles. The number of likely N-dealkylation sites (N-methyl/N-ethyl adjacent to an activating group) is 1. The molecule has 1 N–H and O–H groups in total. The van der Waals surface area contributed by atoms with Crippen LogP contribution in [0.2, 0.25) is 0 Å². The minimum Gasteiger partial charge on any atom is -0.467 e. The maximum Gasteiger partial charge on any atom is 0.417 e. The van der Waals surface area contributed by atoms with Crippen LogP contribution in [0.5, 0.6) is 5.88 Å². The molecule has 3 aromatic rings. The molecule has 0 spiro atoms. The third-order valence-corrected chi connectivity index (χ3v) is 6.66. The van der Waals surface area contributed by atoms with Crippen molar-refractivity contribution < 1.29 is 31.9 Å². The van der Waals surface area contributed by atoms with Crippen LogP contribution in [-0.2, 0) is 22.2 Å². The third kappa shape index (κ3) is 4.88. The fraction of sp³-hybridized carbons (Fsp3) is 0.308. The molecule has 1 fully saturated rings. The number of hydrogen-bond acceptors (Lipinski definition) is 7. The van der Waals surface area contributed by atoms with Crippen molar-refractivity contribution in [1.82, 2.24) is 15.3 Å². The van der Waals surface area contributed by atoms with Gasteiger partial charge in [-0.1, -0.05) is 6.92 Å². The maximum absolute atomic E-state index is 15.5. The van der Waals surface area contributed by atoms with Crippen LogP contribution in [0.4, 0.5) is 28.9 Å². The monoisotopic (exact) mass is 574 g/mol. The molecule has 9 nitrogen and oxygen atoms in total. The number of rotatable bonds is 6. The first-order chi connectivity index (χ1) is 18.7. The van der Waals surface area contributed by atoms with Crippen molar-refractivity contribution in [2.75, 3.05) is 23.5 Å². The summed E-state index contributed by atoms with van der Waals surface area (Å²) < 4.78 is 61.9. The van der Waals surface area contributed by atoms with Gasteiger partial charge in [-0.2, -0.15) is 23.4 Å². The van der Waals surface area contributed by atoms with E-state index in [0.717, 1.165) is 17.0 Å². The number of anilines is 2. The quantitative estimate of drug-likeness (QED) is 0.344. The van der Waals surface area contributed by atoms with Gasteiger partial charge in [0.05, 0.1) is 28.3 Å². The summed E-state index contributed by atoms with van der Waals surface area (Å²) in [6.07, 6.45) is -4.50. The molecule has 2 aromatic carbocycles. The van der Waals surface area contributed by atoms with Gasteiger partial charge in [-0.3, -0.25) is 14.5 Å². The van der Waals surface area contributed by atoms with E-state index in [-0.39, 0.29) is 39.1 Å². The van der Waals surface area contributed by atoms with Gasteiger partial charge in [-0.25, -0.2) is 9.37 Å². The van der Waals surface area contributed by atoms with Crippen molar-refractivity contribution in [2.24, 2.45) is 0 Å². The molecular weight excluding hydrogens is 552 g/mol. The van der Waals surface area contributed by atoms with E-state index >= 15 is 4.39 Å². The molecule has 40 heavy (non-hydrogen) atoms. The number of fused-ring (bicyclic) bond motifs is 1. The van der Waals surface area contributed by atoms with Gasteiger partial charge in [-0.05, 0) is 56.4 Å². The van der Waals surface area contributed by atoms with E-state index in [4.69, 9.17) is 22.2 Å². The molecule has 0 aliphatic carbocycles. The zero-order chi connectivity index (χ0) is 29.6. The molecule has 1 saturated heterocycles. The Morgan fingerprint density at radius 2 is 1.90 bits per heavy atom. The molecule has 0 unspecified atom stereocenters. The Hall–Kier alpha value is -4.38. The molecule has 0 bridgehead atoms.